The molecule has 1 aliphatic carbocycles. The van der Waals surface area contributed by atoms with Crippen LogP contribution in [-0.4, -0.2) is 24.9 Å². The summed E-state index contributed by atoms with van der Waals surface area (Å²) < 4.78 is 11.3. The van der Waals surface area contributed by atoms with Crippen LogP contribution >= 0.6 is 0 Å². The molecule has 1 saturated heterocycles. The molecule has 0 aromatic rings. The van der Waals surface area contributed by atoms with Crippen molar-refractivity contribution < 1.29 is 9.47 Å². The van der Waals surface area contributed by atoms with Gasteiger partial charge in [0.05, 0.1) is 11.7 Å². The van der Waals surface area contributed by atoms with Gasteiger partial charge in [-0.15, -0.1) is 0 Å². The Morgan fingerprint density at radius 1 is 1.50 bits per heavy atom. The molecule has 0 aromatic heterocycles. The van der Waals surface area contributed by atoms with Gasteiger partial charge in [0.15, 0.2) is 0 Å². The van der Waals surface area contributed by atoms with E-state index in [-0.39, 0.29) is 5.60 Å². The first-order valence-electron chi connectivity index (χ1n) is 5.86. The quantitative estimate of drug-likeness (QED) is 0.648. The summed E-state index contributed by atoms with van der Waals surface area (Å²) in [5.41, 5.74) is 0.258. The molecule has 14 heavy (non-hydrogen) atoms. The summed E-state index contributed by atoms with van der Waals surface area (Å²) in [5.74, 6) is 1.40. The smallest absolute Gasteiger partial charge is 0.0920 e. The first-order valence-corrected chi connectivity index (χ1v) is 5.86. The van der Waals surface area contributed by atoms with Gasteiger partial charge in [-0.25, -0.2) is 0 Å². The van der Waals surface area contributed by atoms with Gasteiger partial charge in [0.25, 0.3) is 0 Å². The fraction of sp³-hybridized carbons (Fsp3) is 1.00. The summed E-state index contributed by atoms with van der Waals surface area (Å²) in [6.45, 7) is 8.47. The van der Waals surface area contributed by atoms with Crippen LogP contribution in [-0.2, 0) is 9.47 Å². The predicted molar refractivity (Wildman–Crippen MR) is 56.3 cm³/mol. The number of ether oxygens (including phenoxy) is 2. The van der Waals surface area contributed by atoms with Crippen molar-refractivity contribution in [3.63, 3.8) is 0 Å². The Hall–Kier alpha value is -0.0800. The molecule has 0 radical (unpaired) electrons. The van der Waals surface area contributed by atoms with Gasteiger partial charge in [-0.2, -0.15) is 0 Å². The summed E-state index contributed by atoms with van der Waals surface area (Å²) in [5, 5.41) is 0. The zero-order valence-corrected chi connectivity index (χ0v) is 9.58. The Balaban J connectivity index is 1.64. The van der Waals surface area contributed by atoms with Gasteiger partial charge in [0, 0.05) is 13.2 Å². The molecular formula is C12H22O2. The molecule has 1 saturated carbocycles. The van der Waals surface area contributed by atoms with Crippen LogP contribution in [0.1, 0.15) is 40.0 Å². The van der Waals surface area contributed by atoms with Crippen molar-refractivity contribution >= 4 is 0 Å². The minimum absolute atomic E-state index is 0.258. The summed E-state index contributed by atoms with van der Waals surface area (Å²) in [7, 11) is 0. The van der Waals surface area contributed by atoms with E-state index in [0.717, 1.165) is 19.1 Å². The van der Waals surface area contributed by atoms with E-state index in [1.54, 1.807) is 0 Å². The SMILES string of the molecule is CC(C)COCC1CCC2(C)OC2C1. The van der Waals surface area contributed by atoms with E-state index >= 15 is 0 Å². The normalized spacial score (nSPS) is 41.1. The van der Waals surface area contributed by atoms with Crippen LogP contribution in [0.25, 0.3) is 0 Å². The van der Waals surface area contributed by atoms with Gasteiger partial charge in [0.1, 0.15) is 0 Å². The van der Waals surface area contributed by atoms with Crippen molar-refractivity contribution in [2.24, 2.45) is 11.8 Å². The van der Waals surface area contributed by atoms with E-state index in [4.69, 9.17) is 9.47 Å². The third-order valence-corrected chi connectivity index (χ3v) is 3.44. The second-order valence-corrected chi connectivity index (χ2v) is 5.49. The molecule has 0 aromatic carbocycles. The van der Waals surface area contributed by atoms with E-state index in [9.17, 15) is 0 Å². The van der Waals surface area contributed by atoms with Crippen molar-refractivity contribution in [1.82, 2.24) is 0 Å². The highest BCUT2D eigenvalue weighted by Crippen LogP contribution is 2.49. The first-order chi connectivity index (χ1) is 6.60. The number of epoxide rings is 1. The molecule has 3 unspecified atom stereocenters. The van der Waals surface area contributed by atoms with E-state index in [1.165, 1.54) is 19.3 Å². The first kappa shape index (κ1) is 10.4. The summed E-state index contributed by atoms with van der Waals surface area (Å²) in [4.78, 5) is 0. The third-order valence-electron chi connectivity index (χ3n) is 3.44. The van der Waals surface area contributed by atoms with Crippen LogP contribution in [0, 0.1) is 11.8 Å². The standard InChI is InChI=1S/C12H22O2/c1-9(2)7-13-8-10-4-5-12(3)11(6-10)14-12/h9-11H,4-8H2,1-3H3. The lowest BCUT2D eigenvalue weighted by Gasteiger charge is -2.22. The Kier molecular flexibility index (Phi) is 2.85. The number of hydrogen-bond donors (Lipinski definition) is 0. The number of rotatable bonds is 4. The molecule has 0 bridgehead atoms. The van der Waals surface area contributed by atoms with Gasteiger partial charge in [-0.1, -0.05) is 13.8 Å². The average Bonchev–Trinajstić information content (AvgIpc) is 2.75. The summed E-state index contributed by atoms with van der Waals surface area (Å²) >= 11 is 0. The Morgan fingerprint density at radius 2 is 2.29 bits per heavy atom. The van der Waals surface area contributed by atoms with Crippen molar-refractivity contribution in [3.05, 3.63) is 0 Å². The molecule has 0 spiro atoms. The van der Waals surface area contributed by atoms with Crippen LogP contribution < -0.4 is 0 Å². The molecule has 2 nitrogen and oxygen atoms in total. The highest BCUT2D eigenvalue weighted by molar-refractivity contribution is 5.03. The monoisotopic (exact) mass is 198 g/mol. The molecule has 1 heterocycles. The van der Waals surface area contributed by atoms with Crippen LogP contribution in [0.4, 0.5) is 0 Å². The zero-order chi connectivity index (χ0) is 10.2. The summed E-state index contributed by atoms with van der Waals surface area (Å²) in [6, 6.07) is 0. The van der Waals surface area contributed by atoms with Crippen molar-refractivity contribution in [3.8, 4) is 0 Å². The lowest BCUT2D eigenvalue weighted by Crippen LogP contribution is -2.24. The second-order valence-electron chi connectivity index (χ2n) is 5.49. The molecule has 0 amide bonds. The molecular weight excluding hydrogens is 176 g/mol. The molecule has 2 fully saturated rings. The van der Waals surface area contributed by atoms with E-state index in [2.05, 4.69) is 20.8 Å². The van der Waals surface area contributed by atoms with Crippen molar-refractivity contribution in [2.45, 2.75) is 51.7 Å². The Morgan fingerprint density at radius 3 is 2.93 bits per heavy atom. The maximum absolute atomic E-state index is 5.68. The molecule has 2 rings (SSSR count). The maximum Gasteiger partial charge on any atom is 0.0920 e. The van der Waals surface area contributed by atoms with Crippen LogP contribution in [0.5, 0.6) is 0 Å². The maximum atomic E-state index is 5.68. The highest BCUT2D eigenvalue weighted by Gasteiger charge is 2.55. The van der Waals surface area contributed by atoms with Crippen molar-refractivity contribution in [1.29, 1.82) is 0 Å². The Bertz CT molecular complexity index is 202. The molecule has 82 valence electrons. The predicted octanol–water partition coefficient (Wildman–Crippen LogP) is 2.62. The number of hydrogen-bond acceptors (Lipinski definition) is 2. The van der Waals surface area contributed by atoms with Crippen LogP contribution in [0.2, 0.25) is 0 Å². The van der Waals surface area contributed by atoms with E-state index < -0.39 is 0 Å². The number of fused-ring (bicyclic) bond motifs is 1. The minimum Gasteiger partial charge on any atom is -0.381 e. The second kappa shape index (κ2) is 3.82. The fourth-order valence-electron chi connectivity index (χ4n) is 2.34. The lowest BCUT2D eigenvalue weighted by atomic mass is 9.83. The molecule has 3 atom stereocenters. The lowest BCUT2D eigenvalue weighted by molar-refractivity contribution is 0.0685. The van der Waals surface area contributed by atoms with Crippen LogP contribution in [0.3, 0.4) is 0 Å². The topological polar surface area (TPSA) is 21.8 Å². The fourth-order valence-corrected chi connectivity index (χ4v) is 2.34. The zero-order valence-electron chi connectivity index (χ0n) is 9.58. The molecule has 2 aliphatic rings. The van der Waals surface area contributed by atoms with Gasteiger partial charge < -0.3 is 9.47 Å². The van der Waals surface area contributed by atoms with Crippen molar-refractivity contribution in [2.75, 3.05) is 13.2 Å². The Labute approximate surface area is 87.0 Å². The van der Waals surface area contributed by atoms with Gasteiger partial charge in [-0.3, -0.25) is 0 Å². The van der Waals surface area contributed by atoms with E-state index in [1.807, 2.05) is 0 Å². The molecule has 0 N–H and O–H groups in total. The molecule has 2 heteroatoms. The molecule has 1 aliphatic heterocycles. The van der Waals surface area contributed by atoms with E-state index in [0.29, 0.717) is 12.0 Å². The largest absolute Gasteiger partial charge is 0.381 e. The average molecular weight is 198 g/mol. The minimum atomic E-state index is 0.258. The highest BCUT2D eigenvalue weighted by atomic mass is 16.6. The third kappa shape index (κ3) is 2.29. The van der Waals surface area contributed by atoms with Gasteiger partial charge in [-0.05, 0) is 38.0 Å². The van der Waals surface area contributed by atoms with Crippen LogP contribution in [0.15, 0.2) is 0 Å². The summed E-state index contributed by atoms with van der Waals surface area (Å²) in [6.07, 6.45) is 4.27. The van der Waals surface area contributed by atoms with Gasteiger partial charge in [0.2, 0.25) is 0 Å². The van der Waals surface area contributed by atoms with Gasteiger partial charge >= 0.3 is 0 Å².